The Morgan fingerprint density at radius 1 is 1.27 bits per heavy atom. The lowest BCUT2D eigenvalue weighted by atomic mass is 9.69. The molecule has 2 aromatic rings. The first kappa shape index (κ1) is 30.2. The summed E-state index contributed by atoms with van der Waals surface area (Å²) in [6.07, 6.45) is 7.15. The molecular weight excluding hydrogens is 575 g/mol. The van der Waals surface area contributed by atoms with Gasteiger partial charge in [0.2, 0.25) is 5.88 Å². The minimum absolute atomic E-state index is 0.0390. The Balaban J connectivity index is 1.05. The van der Waals surface area contributed by atoms with Crippen LogP contribution in [0.2, 0.25) is 0 Å². The van der Waals surface area contributed by atoms with E-state index in [2.05, 4.69) is 41.7 Å². The predicted octanol–water partition coefficient (Wildman–Crippen LogP) is 3.30. The Kier molecular flexibility index (Phi) is 8.45. The van der Waals surface area contributed by atoms with Crippen molar-refractivity contribution in [3.63, 3.8) is 0 Å². The van der Waals surface area contributed by atoms with E-state index in [-0.39, 0.29) is 48.6 Å². The molecule has 3 atom stereocenters. The summed E-state index contributed by atoms with van der Waals surface area (Å²) in [4.78, 5) is 15.0. The van der Waals surface area contributed by atoms with Crippen LogP contribution in [0.4, 0.5) is 13.2 Å². The number of piperidine rings is 1. The third kappa shape index (κ3) is 6.36. The lowest BCUT2D eigenvalue weighted by Gasteiger charge is -2.52. The van der Waals surface area contributed by atoms with E-state index in [1.165, 1.54) is 6.07 Å². The summed E-state index contributed by atoms with van der Waals surface area (Å²) in [7, 11) is 0. The molecule has 0 aromatic carbocycles. The number of hydrogen-bond donors (Lipinski definition) is 3. The molecule has 2 aromatic heterocycles. The van der Waals surface area contributed by atoms with Crippen molar-refractivity contribution in [3.8, 4) is 11.9 Å². The number of fused-ring (bicyclic) bond motifs is 1. The van der Waals surface area contributed by atoms with Crippen molar-refractivity contribution in [2.75, 3.05) is 19.6 Å². The second-order valence-electron chi connectivity index (χ2n) is 12.1. The molecule has 44 heavy (non-hydrogen) atoms. The van der Waals surface area contributed by atoms with Gasteiger partial charge in [-0.25, -0.2) is 9.98 Å². The Bertz CT molecular complexity index is 1460. The van der Waals surface area contributed by atoms with Gasteiger partial charge >= 0.3 is 6.18 Å². The highest BCUT2D eigenvalue weighted by atomic mass is 19.4. The van der Waals surface area contributed by atoms with Crippen LogP contribution < -0.4 is 15.4 Å². The zero-order valence-electron chi connectivity index (χ0n) is 24.4. The third-order valence-corrected chi connectivity index (χ3v) is 8.89. The van der Waals surface area contributed by atoms with Gasteiger partial charge in [-0.3, -0.25) is 14.6 Å². The standard InChI is InChI=1S/C30H36F3N9O2/c1-19(43)14-35-15-20-10-25(30(31,32)33)40-26(11-20)44-23-3-8-41(9-4-23)22-12-29(13-22,5-6-34)42-17-21(16-39-42)27-24-2-7-36-28(24)38-18-37-27/h2,7,10-11,16-19,22-24,27,35,43H,3-5,8-9,12-15H2,1H3,(H,36,37,38)/t19-,22-,24?,27?,29-/m0/s1. The number of amidine groups is 1. The first-order valence-electron chi connectivity index (χ1n) is 15.0. The number of aliphatic hydroxyl groups excluding tert-OH is 1. The maximum absolute atomic E-state index is 13.5. The summed E-state index contributed by atoms with van der Waals surface area (Å²) in [5, 5.41) is 29.9. The zero-order valence-corrected chi connectivity index (χ0v) is 24.4. The van der Waals surface area contributed by atoms with Crippen LogP contribution >= 0.6 is 0 Å². The summed E-state index contributed by atoms with van der Waals surface area (Å²) in [6.45, 7) is 3.50. The van der Waals surface area contributed by atoms with E-state index in [0.717, 1.165) is 43.4 Å². The first-order valence-corrected chi connectivity index (χ1v) is 15.0. The Labute approximate surface area is 253 Å². The Morgan fingerprint density at radius 2 is 2.07 bits per heavy atom. The van der Waals surface area contributed by atoms with Crippen LogP contribution in [-0.2, 0) is 18.3 Å². The number of rotatable bonds is 10. The fourth-order valence-electron chi connectivity index (χ4n) is 6.56. The number of pyridine rings is 1. The molecule has 0 bridgehead atoms. The summed E-state index contributed by atoms with van der Waals surface area (Å²) in [5.74, 6) is 0.879. The molecular formula is C30H36F3N9O2. The van der Waals surface area contributed by atoms with E-state index in [1.54, 1.807) is 13.3 Å². The normalized spacial score (nSPS) is 27.6. The summed E-state index contributed by atoms with van der Waals surface area (Å²) >= 11 is 0. The van der Waals surface area contributed by atoms with Gasteiger partial charge in [-0.2, -0.15) is 23.5 Å². The first-order chi connectivity index (χ1) is 21.1. The molecule has 5 heterocycles. The largest absolute Gasteiger partial charge is 0.474 e. The van der Waals surface area contributed by atoms with Crippen LogP contribution in [0.15, 0.2) is 46.8 Å². The second kappa shape index (κ2) is 12.3. The van der Waals surface area contributed by atoms with E-state index in [1.807, 2.05) is 29.4 Å². The molecule has 234 valence electrons. The maximum atomic E-state index is 13.5. The molecule has 3 aliphatic heterocycles. The molecule has 3 N–H and O–H groups in total. The predicted molar refractivity (Wildman–Crippen MR) is 156 cm³/mol. The minimum atomic E-state index is -4.59. The highest BCUT2D eigenvalue weighted by molar-refractivity contribution is 5.96. The van der Waals surface area contributed by atoms with Gasteiger partial charge in [0, 0.05) is 50.0 Å². The van der Waals surface area contributed by atoms with Gasteiger partial charge in [0.15, 0.2) is 0 Å². The molecule has 6 rings (SSSR count). The van der Waals surface area contributed by atoms with Crippen molar-refractivity contribution in [2.45, 2.75) is 81.6 Å². The van der Waals surface area contributed by atoms with E-state index in [9.17, 15) is 23.5 Å². The summed E-state index contributed by atoms with van der Waals surface area (Å²) in [5.41, 5.74) is -0.00209. The van der Waals surface area contributed by atoms with Crippen molar-refractivity contribution < 1.29 is 23.0 Å². The zero-order chi connectivity index (χ0) is 30.9. The summed E-state index contributed by atoms with van der Waals surface area (Å²) < 4.78 is 48.5. The third-order valence-electron chi connectivity index (χ3n) is 8.89. The molecule has 2 unspecified atom stereocenters. The van der Waals surface area contributed by atoms with Crippen LogP contribution in [0.25, 0.3) is 0 Å². The van der Waals surface area contributed by atoms with Crippen LogP contribution in [0.5, 0.6) is 5.88 Å². The van der Waals surface area contributed by atoms with Gasteiger partial charge in [-0.15, -0.1) is 0 Å². The number of aromatic nitrogens is 3. The number of halogens is 3. The van der Waals surface area contributed by atoms with E-state index < -0.39 is 18.0 Å². The molecule has 1 saturated heterocycles. The minimum Gasteiger partial charge on any atom is -0.474 e. The molecule has 0 amide bonds. The lowest BCUT2D eigenvalue weighted by molar-refractivity contribution is -0.141. The molecule has 11 nitrogen and oxygen atoms in total. The van der Waals surface area contributed by atoms with Gasteiger partial charge in [0.25, 0.3) is 0 Å². The van der Waals surface area contributed by atoms with Crippen LogP contribution in [0, 0.1) is 17.2 Å². The monoisotopic (exact) mass is 611 g/mol. The van der Waals surface area contributed by atoms with Crippen molar-refractivity contribution in [2.24, 2.45) is 15.9 Å². The van der Waals surface area contributed by atoms with Crippen molar-refractivity contribution in [3.05, 3.63) is 53.6 Å². The Morgan fingerprint density at radius 3 is 2.80 bits per heavy atom. The Hall–Kier alpha value is -3.80. The number of aliphatic imine (C=N–C) groups is 2. The van der Waals surface area contributed by atoms with E-state index >= 15 is 0 Å². The van der Waals surface area contributed by atoms with E-state index in [0.29, 0.717) is 24.8 Å². The van der Waals surface area contributed by atoms with Crippen LogP contribution in [0.1, 0.15) is 61.9 Å². The number of ether oxygens (including phenoxy) is 1. The molecule has 0 radical (unpaired) electrons. The van der Waals surface area contributed by atoms with Gasteiger partial charge < -0.3 is 20.5 Å². The van der Waals surface area contributed by atoms with Crippen molar-refractivity contribution in [1.29, 1.82) is 5.26 Å². The van der Waals surface area contributed by atoms with Crippen molar-refractivity contribution in [1.82, 2.24) is 30.3 Å². The number of nitrogens with one attached hydrogen (secondary N) is 2. The van der Waals surface area contributed by atoms with Gasteiger partial charge in [-0.1, -0.05) is 6.08 Å². The molecule has 4 aliphatic rings. The SMILES string of the molecule is C[C@H](O)CNCc1cc(OC2CCN([C@H]3C[C@](CC#N)(n4cc(C5N=CN=C6NC=CC65)cn4)C3)CC2)nc(C(F)(F)F)c1. The molecule has 14 heteroatoms. The quantitative estimate of drug-likeness (QED) is 0.373. The van der Waals surface area contributed by atoms with Gasteiger partial charge in [0.1, 0.15) is 24.0 Å². The van der Waals surface area contributed by atoms with E-state index in [4.69, 9.17) is 4.74 Å². The number of aliphatic hydroxyl groups is 1. The molecule has 0 spiro atoms. The fourth-order valence-corrected chi connectivity index (χ4v) is 6.56. The topological polar surface area (TPSA) is 136 Å². The average Bonchev–Trinajstić information content (AvgIpc) is 3.65. The maximum Gasteiger partial charge on any atom is 0.433 e. The number of hydrogen-bond acceptors (Lipinski definition) is 10. The number of likely N-dealkylation sites (tertiary alicyclic amines) is 1. The van der Waals surface area contributed by atoms with Gasteiger partial charge in [0.05, 0.1) is 42.3 Å². The van der Waals surface area contributed by atoms with Gasteiger partial charge in [-0.05, 0) is 50.4 Å². The van der Waals surface area contributed by atoms with Crippen LogP contribution in [0.3, 0.4) is 0 Å². The highest BCUT2D eigenvalue weighted by Gasteiger charge is 2.49. The lowest BCUT2D eigenvalue weighted by Crippen LogP contribution is -2.58. The summed E-state index contributed by atoms with van der Waals surface area (Å²) in [6, 6.07) is 5.07. The molecule has 1 aliphatic carbocycles. The second-order valence-corrected chi connectivity index (χ2v) is 12.1. The average molecular weight is 612 g/mol. The number of nitriles is 1. The fraction of sp³-hybridized carbons (Fsp3) is 0.567. The molecule has 1 saturated carbocycles. The smallest absolute Gasteiger partial charge is 0.433 e. The number of nitrogens with zero attached hydrogens (tertiary/aromatic N) is 7. The molecule has 2 fully saturated rings. The number of alkyl halides is 3. The van der Waals surface area contributed by atoms with Crippen molar-refractivity contribution >= 4 is 12.2 Å². The highest BCUT2D eigenvalue weighted by Crippen LogP contribution is 2.46. The van der Waals surface area contributed by atoms with Crippen LogP contribution in [-0.4, -0.2) is 74.8 Å².